The Balaban J connectivity index is 3.59. The molecule has 1 unspecified atom stereocenters. The van der Waals surface area contributed by atoms with Crippen molar-refractivity contribution in [2.75, 3.05) is 13.1 Å². The molecule has 1 atom stereocenters. The minimum Gasteiger partial charge on any atom is -0.368 e. The standard InChI is InChI=1S/C13H27N5O/c1-2-3-4-5-6-7-8-9-12(13(14)19)16-10-11-17-18-15/h12,16H,2-11H2,1H3,(H2,14,19). The van der Waals surface area contributed by atoms with E-state index < -0.39 is 0 Å². The topological polar surface area (TPSA) is 104 Å². The van der Waals surface area contributed by atoms with Crippen molar-refractivity contribution >= 4 is 5.91 Å². The van der Waals surface area contributed by atoms with E-state index in [9.17, 15) is 4.79 Å². The van der Waals surface area contributed by atoms with Crippen molar-refractivity contribution in [3.63, 3.8) is 0 Å². The maximum atomic E-state index is 11.2. The quantitative estimate of drug-likeness (QED) is 0.232. The zero-order valence-electron chi connectivity index (χ0n) is 12.0. The zero-order chi connectivity index (χ0) is 14.3. The molecule has 0 aliphatic heterocycles. The molecule has 6 nitrogen and oxygen atoms in total. The van der Waals surface area contributed by atoms with Crippen LogP contribution in [0.15, 0.2) is 5.11 Å². The first-order valence-electron chi connectivity index (χ1n) is 7.26. The van der Waals surface area contributed by atoms with E-state index in [0.717, 1.165) is 19.3 Å². The molecule has 0 fully saturated rings. The van der Waals surface area contributed by atoms with Gasteiger partial charge in [-0.05, 0) is 12.0 Å². The van der Waals surface area contributed by atoms with Gasteiger partial charge in [0.05, 0.1) is 6.04 Å². The van der Waals surface area contributed by atoms with E-state index in [4.69, 9.17) is 11.3 Å². The van der Waals surface area contributed by atoms with Gasteiger partial charge in [-0.1, -0.05) is 57.0 Å². The third kappa shape index (κ3) is 11.6. The minimum atomic E-state index is -0.327. The first-order valence-corrected chi connectivity index (χ1v) is 7.26. The summed E-state index contributed by atoms with van der Waals surface area (Å²) in [5, 5.41) is 6.43. The lowest BCUT2D eigenvalue weighted by Gasteiger charge is -2.14. The van der Waals surface area contributed by atoms with Crippen LogP contribution in [0.25, 0.3) is 10.4 Å². The second-order valence-corrected chi connectivity index (χ2v) is 4.77. The van der Waals surface area contributed by atoms with E-state index in [-0.39, 0.29) is 11.9 Å². The summed E-state index contributed by atoms with van der Waals surface area (Å²) in [6, 6.07) is -0.301. The van der Waals surface area contributed by atoms with Crippen molar-refractivity contribution < 1.29 is 4.79 Å². The summed E-state index contributed by atoms with van der Waals surface area (Å²) in [6.07, 6.45) is 9.30. The number of rotatable bonds is 13. The molecule has 0 saturated heterocycles. The summed E-state index contributed by atoms with van der Waals surface area (Å²) in [5.74, 6) is -0.327. The molecular weight excluding hydrogens is 242 g/mol. The molecule has 6 heteroatoms. The number of carbonyl (C=O) groups is 1. The van der Waals surface area contributed by atoms with Crippen molar-refractivity contribution in [3.8, 4) is 0 Å². The molecule has 0 aromatic rings. The highest BCUT2D eigenvalue weighted by atomic mass is 16.1. The van der Waals surface area contributed by atoms with Crippen LogP contribution in [0.5, 0.6) is 0 Å². The highest BCUT2D eigenvalue weighted by Crippen LogP contribution is 2.09. The fraction of sp³-hybridized carbons (Fsp3) is 0.923. The van der Waals surface area contributed by atoms with Crippen molar-refractivity contribution in [3.05, 3.63) is 10.4 Å². The van der Waals surface area contributed by atoms with Crippen molar-refractivity contribution in [2.45, 2.75) is 64.3 Å². The van der Waals surface area contributed by atoms with Gasteiger partial charge in [0, 0.05) is 18.0 Å². The van der Waals surface area contributed by atoms with Crippen LogP contribution in [-0.2, 0) is 4.79 Å². The van der Waals surface area contributed by atoms with E-state index in [1.165, 1.54) is 32.1 Å². The van der Waals surface area contributed by atoms with Crippen molar-refractivity contribution in [1.82, 2.24) is 5.32 Å². The van der Waals surface area contributed by atoms with E-state index >= 15 is 0 Å². The number of nitrogens with one attached hydrogen (secondary N) is 1. The number of nitrogens with zero attached hydrogens (tertiary/aromatic N) is 3. The number of amides is 1. The lowest BCUT2D eigenvalue weighted by Crippen LogP contribution is -2.42. The van der Waals surface area contributed by atoms with Gasteiger partial charge in [-0.3, -0.25) is 4.79 Å². The SMILES string of the molecule is CCCCCCCCCC(NCCN=[N+]=[N-])C(N)=O. The van der Waals surface area contributed by atoms with Crippen molar-refractivity contribution in [2.24, 2.45) is 10.8 Å². The van der Waals surface area contributed by atoms with Gasteiger partial charge in [0.2, 0.25) is 5.91 Å². The van der Waals surface area contributed by atoms with E-state index in [1.807, 2.05) is 0 Å². The van der Waals surface area contributed by atoms with E-state index in [2.05, 4.69) is 22.3 Å². The van der Waals surface area contributed by atoms with Crippen LogP contribution in [-0.4, -0.2) is 25.0 Å². The maximum Gasteiger partial charge on any atom is 0.234 e. The third-order valence-corrected chi connectivity index (χ3v) is 3.11. The predicted octanol–water partition coefficient (Wildman–Crippen LogP) is 2.88. The molecule has 1 amide bonds. The van der Waals surface area contributed by atoms with Crippen LogP contribution in [0, 0.1) is 0 Å². The maximum absolute atomic E-state index is 11.2. The molecule has 0 spiro atoms. The van der Waals surface area contributed by atoms with Gasteiger partial charge in [-0.15, -0.1) is 0 Å². The summed E-state index contributed by atoms with van der Waals surface area (Å²) in [7, 11) is 0. The Morgan fingerprint density at radius 3 is 2.47 bits per heavy atom. The molecule has 0 aliphatic carbocycles. The molecular formula is C13H27N5O. The molecule has 0 aromatic carbocycles. The molecule has 110 valence electrons. The van der Waals surface area contributed by atoms with Gasteiger partial charge >= 0.3 is 0 Å². The summed E-state index contributed by atoms with van der Waals surface area (Å²) < 4.78 is 0. The van der Waals surface area contributed by atoms with Gasteiger partial charge in [0.25, 0.3) is 0 Å². The lowest BCUT2D eigenvalue weighted by molar-refractivity contribution is -0.120. The highest BCUT2D eigenvalue weighted by molar-refractivity contribution is 5.79. The molecule has 19 heavy (non-hydrogen) atoms. The summed E-state index contributed by atoms with van der Waals surface area (Å²) in [5.41, 5.74) is 13.5. The van der Waals surface area contributed by atoms with Gasteiger partial charge in [0.1, 0.15) is 0 Å². The Morgan fingerprint density at radius 2 is 1.89 bits per heavy atom. The molecule has 0 aromatic heterocycles. The van der Waals surface area contributed by atoms with Gasteiger partial charge in [-0.25, -0.2) is 0 Å². The second-order valence-electron chi connectivity index (χ2n) is 4.77. The lowest BCUT2D eigenvalue weighted by atomic mass is 10.0. The summed E-state index contributed by atoms with van der Waals surface area (Å²) >= 11 is 0. The molecule has 0 saturated carbocycles. The number of azide groups is 1. The van der Waals surface area contributed by atoms with E-state index in [1.54, 1.807) is 0 Å². The number of hydrogen-bond donors (Lipinski definition) is 2. The number of hydrogen-bond acceptors (Lipinski definition) is 3. The average molecular weight is 269 g/mol. The van der Waals surface area contributed by atoms with Crippen molar-refractivity contribution in [1.29, 1.82) is 0 Å². The molecule has 3 N–H and O–H groups in total. The predicted molar refractivity (Wildman–Crippen MR) is 77.6 cm³/mol. The normalized spacial score (nSPS) is 11.8. The van der Waals surface area contributed by atoms with Crippen LogP contribution >= 0.6 is 0 Å². The second kappa shape index (κ2) is 13.2. The first kappa shape index (κ1) is 17.7. The zero-order valence-corrected chi connectivity index (χ0v) is 12.0. The number of primary amides is 1. The fourth-order valence-electron chi connectivity index (χ4n) is 1.98. The Labute approximate surface area is 115 Å². The largest absolute Gasteiger partial charge is 0.368 e. The number of carbonyl (C=O) groups excluding carboxylic acids is 1. The van der Waals surface area contributed by atoms with Crippen LogP contribution in [0.2, 0.25) is 0 Å². The molecule has 0 rings (SSSR count). The Morgan fingerprint density at radius 1 is 1.26 bits per heavy atom. The fourth-order valence-corrected chi connectivity index (χ4v) is 1.98. The van der Waals surface area contributed by atoms with Gasteiger partial charge in [-0.2, -0.15) is 0 Å². The Hall–Kier alpha value is -1.26. The summed E-state index contributed by atoms with van der Waals surface area (Å²) in [4.78, 5) is 13.9. The minimum absolute atomic E-state index is 0.301. The van der Waals surface area contributed by atoms with E-state index in [0.29, 0.717) is 13.1 Å². The smallest absolute Gasteiger partial charge is 0.234 e. The molecule has 0 bridgehead atoms. The van der Waals surface area contributed by atoms with Gasteiger partial charge < -0.3 is 11.1 Å². The van der Waals surface area contributed by atoms with Crippen LogP contribution in [0.4, 0.5) is 0 Å². The highest BCUT2D eigenvalue weighted by Gasteiger charge is 2.13. The first-order chi connectivity index (χ1) is 9.22. The van der Waals surface area contributed by atoms with Crippen LogP contribution in [0.3, 0.4) is 0 Å². The number of nitrogens with two attached hydrogens (primary N) is 1. The monoisotopic (exact) mass is 269 g/mol. The number of unbranched alkanes of at least 4 members (excludes halogenated alkanes) is 6. The van der Waals surface area contributed by atoms with Crippen LogP contribution < -0.4 is 11.1 Å². The Bertz CT molecular complexity index is 276. The molecule has 0 aliphatic rings. The third-order valence-electron chi connectivity index (χ3n) is 3.11. The summed E-state index contributed by atoms with van der Waals surface area (Å²) in [6.45, 7) is 3.05. The van der Waals surface area contributed by atoms with Gasteiger partial charge in [0.15, 0.2) is 0 Å². The Kier molecular flexibility index (Phi) is 12.3. The van der Waals surface area contributed by atoms with Crippen LogP contribution in [0.1, 0.15) is 58.3 Å². The average Bonchev–Trinajstić information content (AvgIpc) is 2.39. The molecule has 0 radical (unpaired) electrons. The molecule has 0 heterocycles.